The number of hydrogen-bond donors (Lipinski definition) is 0. The molecule has 2 aromatic rings. The molecule has 3 nitrogen and oxygen atoms in total. The largest absolute Gasteiger partial charge is 0.421 e. The fourth-order valence-corrected chi connectivity index (χ4v) is 1.58. The Bertz CT molecular complexity index is 425. The second-order valence-electron chi connectivity index (χ2n) is 2.64. The first kappa shape index (κ1) is 8.68. The molecule has 0 radical (unpaired) electrons. The van der Waals surface area contributed by atoms with Gasteiger partial charge in [0, 0.05) is 16.1 Å². The SMILES string of the molecule is Cc1nnc(-c2cccc(I)c2)o1. The minimum Gasteiger partial charge on any atom is -0.421 e. The van der Waals surface area contributed by atoms with E-state index in [1.165, 1.54) is 0 Å². The van der Waals surface area contributed by atoms with Gasteiger partial charge in [0.2, 0.25) is 11.8 Å². The highest BCUT2D eigenvalue weighted by molar-refractivity contribution is 14.1. The fourth-order valence-electron chi connectivity index (χ4n) is 1.03. The number of benzene rings is 1. The van der Waals surface area contributed by atoms with Crippen LogP contribution < -0.4 is 0 Å². The van der Waals surface area contributed by atoms with Crippen LogP contribution in [-0.4, -0.2) is 10.2 Å². The van der Waals surface area contributed by atoms with Gasteiger partial charge in [-0.1, -0.05) is 6.07 Å². The number of aromatic nitrogens is 2. The topological polar surface area (TPSA) is 38.9 Å². The summed E-state index contributed by atoms with van der Waals surface area (Å²) in [7, 11) is 0. The number of nitrogens with zero attached hydrogens (tertiary/aromatic N) is 2. The van der Waals surface area contributed by atoms with E-state index in [1.54, 1.807) is 6.92 Å². The van der Waals surface area contributed by atoms with Crippen molar-refractivity contribution in [2.45, 2.75) is 6.92 Å². The zero-order valence-corrected chi connectivity index (χ0v) is 9.15. The van der Waals surface area contributed by atoms with Crippen LogP contribution in [0.5, 0.6) is 0 Å². The molecular formula is C9H7IN2O. The van der Waals surface area contributed by atoms with Crippen LogP contribution in [0.15, 0.2) is 28.7 Å². The Kier molecular flexibility index (Phi) is 2.30. The molecule has 13 heavy (non-hydrogen) atoms. The van der Waals surface area contributed by atoms with E-state index in [4.69, 9.17) is 4.42 Å². The first-order chi connectivity index (χ1) is 6.25. The summed E-state index contributed by atoms with van der Waals surface area (Å²) in [4.78, 5) is 0. The third-order valence-electron chi connectivity index (χ3n) is 1.60. The average molecular weight is 286 g/mol. The van der Waals surface area contributed by atoms with Gasteiger partial charge in [0.15, 0.2) is 0 Å². The van der Waals surface area contributed by atoms with Gasteiger partial charge in [0.05, 0.1) is 0 Å². The predicted molar refractivity (Wildman–Crippen MR) is 57.2 cm³/mol. The van der Waals surface area contributed by atoms with Crippen LogP contribution in [0.2, 0.25) is 0 Å². The second kappa shape index (κ2) is 3.45. The van der Waals surface area contributed by atoms with Crippen LogP contribution in [0.3, 0.4) is 0 Å². The molecule has 2 rings (SSSR count). The normalized spacial score (nSPS) is 10.3. The zero-order valence-electron chi connectivity index (χ0n) is 6.99. The van der Waals surface area contributed by atoms with Gasteiger partial charge in [-0.05, 0) is 40.8 Å². The smallest absolute Gasteiger partial charge is 0.247 e. The molecule has 1 heterocycles. The van der Waals surface area contributed by atoms with E-state index in [1.807, 2.05) is 24.3 Å². The van der Waals surface area contributed by atoms with Crippen molar-refractivity contribution >= 4 is 22.6 Å². The molecule has 0 aliphatic carbocycles. The molecule has 0 N–H and O–H groups in total. The summed E-state index contributed by atoms with van der Waals surface area (Å²) in [6.07, 6.45) is 0. The third-order valence-corrected chi connectivity index (χ3v) is 2.27. The summed E-state index contributed by atoms with van der Waals surface area (Å²) in [5.41, 5.74) is 0.965. The van der Waals surface area contributed by atoms with Crippen molar-refractivity contribution in [1.29, 1.82) is 0 Å². The molecule has 0 aliphatic rings. The molecule has 0 atom stereocenters. The molecule has 66 valence electrons. The standard InChI is InChI=1S/C9H7IN2O/c1-6-11-12-9(13-6)7-3-2-4-8(10)5-7/h2-5H,1H3. The van der Waals surface area contributed by atoms with Crippen molar-refractivity contribution in [3.8, 4) is 11.5 Å². The summed E-state index contributed by atoms with van der Waals surface area (Å²) >= 11 is 2.25. The molecular weight excluding hydrogens is 279 g/mol. The Balaban J connectivity index is 2.46. The average Bonchev–Trinajstić information content (AvgIpc) is 2.52. The lowest BCUT2D eigenvalue weighted by atomic mass is 10.2. The lowest BCUT2D eigenvalue weighted by Crippen LogP contribution is -1.78. The first-order valence-corrected chi connectivity index (χ1v) is 4.89. The van der Waals surface area contributed by atoms with Gasteiger partial charge >= 0.3 is 0 Å². The Morgan fingerprint density at radius 3 is 2.77 bits per heavy atom. The third kappa shape index (κ3) is 1.88. The van der Waals surface area contributed by atoms with Gasteiger partial charge in [0.1, 0.15) is 0 Å². The summed E-state index contributed by atoms with van der Waals surface area (Å²) in [6, 6.07) is 7.95. The molecule has 4 heteroatoms. The molecule has 1 aromatic heterocycles. The highest BCUT2D eigenvalue weighted by Crippen LogP contribution is 2.19. The number of halogens is 1. The molecule has 0 bridgehead atoms. The predicted octanol–water partition coefficient (Wildman–Crippen LogP) is 2.65. The van der Waals surface area contributed by atoms with E-state index >= 15 is 0 Å². The van der Waals surface area contributed by atoms with Crippen molar-refractivity contribution in [2.75, 3.05) is 0 Å². The van der Waals surface area contributed by atoms with Gasteiger partial charge in [-0.2, -0.15) is 0 Å². The Labute approximate surface area is 89.3 Å². The van der Waals surface area contributed by atoms with E-state index in [9.17, 15) is 0 Å². The summed E-state index contributed by atoms with van der Waals surface area (Å²) in [6.45, 7) is 1.78. The monoisotopic (exact) mass is 286 g/mol. The molecule has 0 spiro atoms. The number of rotatable bonds is 1. The van der Waals surface area contributed by atoms with E-state index in [-0.39, 0.29) is 0 Å². The van der Waals surface area contributed by atoms with Crippen molar-refractivity contribution in [3.63, 3.8) is 0 Å². The number of hydrogen-bond acceptors (Lipinski definition) is 3. The van der Waals surface area contributed by atoms with Gasteiger partial charge < -0.3 is 4.42 Å². The molecule has 0 saturated carbocycles. The first-order valence-electron chi connectivity index (χ1n) is 3.82. The minimum absolute atomic E-state index is 0.580. The Morgan fingerprint density at radius 2 is 2.15 bits per heavy atom. The molecule has 0 saturated heterocycles. The molecule has 0 amide bonds. The Morgan fingerprint density at radius 1 is 1.31 bits per heavy atom. The van der Waals surface area contributed by atoms with E-state index in [0.717, 1.165) is 9.13 Å². The maximum Gasteiger partial charge on any atom is 0.247 e. The minimum atomic E-state index is 0.580. The van der Waals surface area contributed by atoms with Crippen molar-refractivity contribution in [3.05, 3.63) is 33.7 Å². The van der Waals surface area contributed by atoms with Crippen molar-refractivity contribution < 1.29 is 4.42 Å². The van der Waals surface area contributed by atoms with Crippen LogP contribution in [0.25, 0.3) is 11.5 Å². The summed E-state index contributed by atoms with van der Waals surface area (Å²) < 4.78 is 6.46. The summed E-state index contributed by atoms with van der Waals surface area (Å²) in [5.74, 6) is 1.17. The van der Waals surface area contributed by atoms with Gasteiger partial charge in [-0.3, -0.25) is 0 Å². The lowest BCUT2D eigenvalue weighted by Gasteiger charge is -1.94. The maximum absolute atomic E-state index is 5.30. The molecule has 0 fully saturated rings. The van der Waals surface area contributed by atoms with Crippen molar-refractivity contribution in [2.24, 2.45) is 0 Å². The van der Waals surface area contributed by atoms with Crippen LogP contribution in [-0.2, 0) is 0 Å². The van der Waals surface area contributed by atoms with Gasteiger partial charge in [-0.15, -0.1) is 10.2 Å². The lowest BCUT2D eigenvalue weighted by molar-refractivity contribution is 0.533. The van der Waals surface area contributed by atoms with Gasteiger partial charge in [0.25, 0.3) is 0 Å². The van der Waals surface area contributed by atoms with E-state index in [2.05, 4.69) is 32.8 Å². The van der Waals surface area contributed by atoms with E-state index < -0.39 is 0 Å². The van der Waals surface area contributed by atoms with Crippen LogP contribution in [0.1, 0.15) is 5.89 Å². The van der Waals surface area contributed by atoms with E-state index in [0.29, 0.717) is 11.8 Å². The van der Waals surface area contributed by atoms with Crippen LogP contribution in [0, 0.1) is 10.5 Å². The van der Waals surface area contributed by atoms with Crippen LogP contribution >= 0.6 is 22.6 Å². The molecule has 0 aliphatic heterocycles. The van der Waals surface area contributed by atoms with Crippen molar-refractivity contribution in [1.82, 2.24) is 10.2 Å². The molecule has 0 unspecified atom stereocenters. The Hall–Kier alpha value is -0.910. The highest BCUT2D eigenvalue weighted by atomic mass is 127. The quantitative estimate of drug-likeness (QED) is 0.756. The second-order valence-corrected chi connectivity index (χ2v) is 3.88. The zero-order chi connectivity index (χ0) is 9.26. The number of aryl methyl sites for hydroxylation is 1. The molecule has 1 aromatic carbocycles. The maximum atomic E-state index is 5.30. The van der Waals surface area contributed by atoms with Gasteiger partial charge in [-0.25, -0.2) is 0 Å². The highest BCUT2D eigenvalue weighted by Gasteiger charge is 2.04. The van der Waals surface area contributed by atoms with Crippen LogP contribution in [0.4, 0.5) is 0 Å². The summed E-state index contributed by atoms with van der Waals surface area (Å²) in [5, 5.41) is 7.71. The fraction of sp³-hybridized carbons (Fsp3) is 0.111.